The molecule has 0 fully saturated rings. The number of hydrogen-bond donors (Lipinski definition) is 0. The maximum atomic E-state index is 11.6. The predicted octanol–water partition coefficient (Wildman–Crippen LogP) is 2.82. The first kappa shape index (κ1) is 14.2. The Morgan fingerprint density at radius 1 is 0.944 bits per heavy atom. The lowest BCUT2D eigenvalue weighted by molar-refractivity contribution is 0.0503. The molecular formula is C14H18O4. The van der Waals surface area contributed by atoms with Crippen molar-refractivity contribution in [2.24, 2.45) is 0 Å². The molecule has 1 aromatic rings. The fourth-order valence-corrected chi connectivity index (χ4v) is 1.33. The third-order valence-corrected chi connectivity index (χ3v) is 2.21. The lowest BCUT2D eigenvalue weighted by Crippen LogP contribution is -2.09. The molecule has 98 valence electrons. The van der Waals surface area contributed by atoms with E-state index in [0.29, 0.717) is 24.3 Å². The largest absolute Gasteiger partial charge is 0.462 e. The van der Waals surface area contributed by atoms with Crippen LogP contribution < -0.4 is 0 Å². The number of esters is 2. The van der Waals surface area contributed by atoms with E-state index in [0.717, 1.165) is 12.8 Å². The minimum atomic E-state index is -0.415. The molecule has 4 nitrogen and oxygen atoms in total. The summed E-state index contributed by atoms with van der Waals surface area (Å²) in [6, 6.07) is 6.38. The van der Waals surface area contributed by atoms with Crippen LogP contribution in [0.4, 0.5) is 0 Å². The minimum absolute atomic E-state index is 0.370. The molecule has 0 unspecified atom stereocenters. The monoisotopic (exact) mass is 250 g/mol. The Morgan fingerprint density at radius 2 is 1.39 bits per heavy atom. The van der Waals surface area contributed by atoms with Gasteiger partial charge in [0.2, 0.25) is 0 Å². The molecule has 0 atom stereocenters. The van der Waals surface area contributed by atoms with Crippen molar-refractivity contribution >= 4 is 11.9 Å². The molecule has 0 spiro atoms. The Hall–Kier alpha value is -1.84. The zero-order valence-electron chi connectivity index (χ0n) is 10.8. The van der Waals surface area contributed by atoms with Crippen molar-refractivity contribution in [1.29, 1.82) is 0 Å². The Bertz CT molecular complexity index is 377. The van der Waals surface area contributed by atoms with Crippen molar-refractivity contribution in [3.05, 3.63) is 35.4 Å². The van der Waals surface area contributed by atoms with Crippen LogP contribution in [0.5, 0.6) is 0 Å². The molecule has 0 aliphatic rings. The highest BCUT2D eigenvalue weighted by Crippen LogP contribution is 2.09. The van der Waals surface area contributed by atoms with Crippen LogP contribution in [0.25, 0.3) is 0 Å². The van der Waals surface area contributed by atoms with Gasteiger partial charge in [0.1, 0.15) is 0 Å². The van der Waals surface area contributed by atoms with Gasteiger partial charge in [0, 0.05) is 0 Å². The molecule has 0 amide bonds. The molecule has 0 N–H and O–H groups in total. The van der Waals surface area contributed by atoms with Crippen molar-refractivity contribution in [3.63, 3.8) is 0 Å². The summed E-state index contributed by atoms with van der Waals surface area (Å²) in [5.41, 5.74) is 0.740. The standard InChI is InChI=1S/C14H18O4/c1-3-8-17-13(15)11-6-5-7-12(10-11)14(16)18-9-4-2/h5-7,10H,3-4,8-9H2,1-2H3. The topological polar surface area (TPSA) is 52.6 Å². The molecule has 0 saturated heterocycles. The van der Waals surface area contributed by atoms with Crippen molar-refractivity contribution in [1.82, 2.24) is 0 Å². The number of rotatable bonds is 6. The van der Waals surface area contributed by atoms with E-state index in [9.17, 15) is 9.59 Å². The molecule has 0 aliphatic heterocycles. The van der Waals surface area contributed by atoms with E-state index in [1.165, 1.54) is 6.07 Å². The average Bonchev–Trinajstić information content (AvgIpc) is 2.42. The van der Waals surface area contributed by atoms with Crippen LogP contribution in [0.1, 0.15) is 47.4 Å². The van der Waals surface area contributed by atoms with E-state index >= 15 is 0 Å². The molecule has 0 saturated carbocycles. The summed E-state index contributed by atoms with van der Waals surface area (Å²) >= 11 is 0. The van der Waals surface area contributed by atoms with Gasteiger partial charge in [0.25, 0.3) is 0 Å². The van der Waals surface area contributed by atoms with Gasteiger partial charge in [-0.2, -0.15) is 0 Å². The smallest absolute Gasteiger partial charge is 0.338 e. The normalized spacial score (nSPS) is 9.89. The van der Waals surface area contributed by atoms with Gasteiger partial charge in [-0.25, -0.2) is 9.59 Å². The Kier molecular flexibility index (Phi) is 5.91. The zero-order chi connectivity index (χ0) is 13.4. The summed E-state index contributed by atoms with van der Waals surface area (Å²) in [5.74, 6) is -0.830. The highest BCUT2D eigenvalue weighted by atomic mass is 16.5. The highest BCUT2D eigenvalue weighted by Gasteiger charge is 2.11. The summed E-state index contributed by atoms with van der Waals surface area (Å²) in [5, 5.41) is 0. The van der Waals surface area contributed by atoms with Gasteiger partial charge >= 0.3 is 11.9 Å². The quantitative estimate of drug-likeness (QED) is 0.728. The first-order valence-corrected chi connectivity index (χ1v) is 6.13. The van der Waals surface area contributed by atoms with E-state index in [2.05, 4.69) is 0 Å². The molecule has 4 heteroatoms. The Balaban J connectivity index is 2.72. The molecule has 0 aromatic heterocycles. The molecule has 1 aromatic carbocycles. The predicted molar refractivity (Wildman–Crippen MR) is 67.6 cm³/mol. The van der Waals surface area contributed by atoms with Crippen LogP contribution in [-0.2, 0) is 9.47 Å². The molecule has 1 rings (SSSR count). The van der Waals surface area contributed by atoms with Crippen molar-refractivity contribution in [2.45, 2.75) is 26.7 Å². The van der Waals surface area contributed by atoms with Gasteiger partial charge < -0.3 is 9.47 Å². The second-order valence-corrected chi connectivity index (χ2v) is 3.85. The minimum Gasteiger partial charge on any atom is -0.462 e. The van der Waals surface area contributed by atoms with E-state index in [-0.39, 0.29) is 0 Å². The summed E-state index contributed by atoms with van der Waals surface area (Å²) in [6.45, 7) is 4.60. The third-order valence-electron chi connectivity index (χ3n) is 2.21. The van der Waals surface area contributed by atoms with E-state index in [1.54, 1.807) is 18.2 Å². The summed E-state index contributed by atoms with van der Waals surface area (Å²) in [7, 11) is 0. The number of benzene rings is 1. The van der Waals surface area contributed by atoms with Crippen LogP contribution in [0.3, 0.4) is 0 Å². The van der Waals surface area contributed by atoms with Gasteiger partial charge in [-0.15, -0.1) is 0 Å². The number of hydrogen-bond acceptors (Lipinski definition) is 4. The van der Waals surface area contributed by atoms with Gasteiger partial charge in [0.15, 0.2) is 0 Å². The molecule has 0 bridgehead atoms. The summed E-state index contributed by atoms with van der Waals surface area (Å²) in [4.78, 5) is 23.2. The van der Waals surface area contributed by atoms with Crippen molar-refractivity contribution in [3.8, 4) is 0 Å². The van der Waals surface area contributed by atoms with E-state index in [4.69, 9.17) is 9.47 Å². The zero-order valence-corrected chi connectivity index (χ0v) is 10.8. The van der Waals surface area contributed by atoms with Crippen LogP contribution in [-0.4, -0.2) is 25.2 Å². The highest BCUT2D eigenvalue weighted by molar-refractivity contribution is 5.95. The fourth-order valence-electron chi connectivity index (χ4n) is 1.33. The maximum Gasteiger partial charge on any atom is 0.338 e. The Morgan fingerprint density at radius 3 is 1.78 bits per heavy atom. The molecule has 0 heterocycles. The van der Waals surface area contributed by atoms with Gasteiger partial charge in [-0.05, 0) is 31.0 Å². The molecule has 0 radical (unpaired) electrons. The van der Waals surface area contributed by atoms with Gasteiger partial charge in [0.05, 0.1) is 24.3 Å². The first-order valence-electron chi connectivity index (χ1n) is 6.13. The van der Waals surface area contributed by atoms with Gasteiger partial charge in [-0.1, -0.05) is 19.9 Å². The van der Waals surface area contributed by atoms with Crippen LogP contribution in [0, 0.1) is 0 Å². The summed E-state index contributed by atoms with van der Waals surface area (Å²) < 4.78 is 10.0. The van der Waals surface area contributed by atoms with E-state index in [1.807, 2.05) is 13.8 Å². The molecule has 18 heavy (non-hydrogen) atoms. The number of carbonyl (C=O) groups excluding carboxylic acids is 2. The SMILES string of the molecule is CCCOC(=O)c1cccc(C(=O)OCCC)c1. The van der Waals surface area contributed by atoms with Crippen LogP contribution in [0.2, 0.25) is 0 Å². The second-order valence-electron chi connectivity index (χ2n) is 3.85. The van der Waals surface area contributed by atoms with Crippen molar-refractivity contribution < 1.29 is 19.1 Å². The van der Waals surface area contributed by atoms with Gasteiger partial charge in [-0.3, -0.25) is 0 Å². The third kappa shape index (κ3) is 4.20. The second kappa shape index (κ2) is 7.48. The van der Waals surface area contributed by atoms with Crippen LogP contribution in [0.15, 0.2) is 24.3 Å². The lowest BCUT2D eigenvalue weighted by Gasteiger charge is -2.06. The van der Waals surface area contributed by atoms with Crippen molar-refractivity contribution in [2.75, 3.05) is 13.2 Å². The lowest BCUT2D eigenvalue weighted by atomic mass is 10.1. The fraction of sp³-hybridized carbons (Fsp3) is 0.429. The number of carbonyl (C=O) groups is 2. The van der Waals surface area contributed by atoms with Crippen LogP contribution >= 0.6 is 0 Å². The first-order chi connectivity index (χ1) is 8.69. The maximum absolute atomic E-state index is 11.6. The summed E-state index contributed by atoms with van der Waals surface area (Å²) in [6.07, 6.45) is 1.54. The number of ether oxygens (including phenoxy) is 2. The molecular weight excluding hydrogens is 232 g/mol. The molecule has 0 aliphatic carbocycles. The average molecular weight is 250 g/mol. The Labute approximate surface area is 107 Å². The van der Waals surface area contributed by atoms with E-state index < -0.39 is 11.9 Å².